The molecular formula is C21H30N3O3+. The van der Waals surface area contributed by atoms with Gasteiger partial charge in [0.05, 0.1) is 6.26 Å². The van der Waals surface area contributed by atoms with Crippen LogP contribution in [0.5, 0.6) is 0 Å². The zero-order valence-corrected chi connectivity index (χ0v) is 16.3. The summed E-state index contributed by atoms with van der Waals surface area (Å²) in [5.74, 6) is -0.212. The van der Waals surface area contributed by atoms with Gasteiger partial charge in [-0.25, -0.2) is 0 Å². The number of carbonyl (C=O) groups is 2. The van der Waals surface area contributed by atoms with Crippen LogP contribution in [0.2, 0.25) is 0 Å². The number of quaternary nitrogens is 1. The first-order valence-corrected chi connectivity index (χ1v) is 9.56. The standard InChI is InChI=1S/C21H29N3O3/c1-4-5-7-16-9-11-17(12-10-16)20(15(2)3)22-14-19(25)23-24-21(26)18-8-6-13-27-18/h6,8-13,15,20,22H,4-5,7,14H2,1-3H3,(H,23,25)(H,24,26)/p+1/t20-/m0/s1. The summed E-state index contributed by atoms with van der Waals surface area (Å²) in [6, 6.07) is 12.0. The molecule has 0 saturated heterocycles. The van der Waals surface area contributed by atoms with Crippen LogP contribution in [-0.4, -0.2) is 18.4 Å². The number of furan rings is 1. The molecule has 146 valence electrons. The number of carbonyl (C=O) groups excluding carboxylic acids is 2. The second kappa shape index (κ2) is 10.5. The van der Waals surface area contributed by atoms with Crippen LogP contribution in [0.4, 0.5) is 0 Å². The van der Waals surface area contributed by atoms with Gasteiger partial charge in [-0.3, -0.25) is 20.4 Å². The van der Waals surface area contributed by atoms with E-state index in [-0.39, 0.29) is 24.3 Å². The Bertz CT molecular complexity index is 709. The molecule has 2 rings (SSSR count). The molecule has 1 aromatic heterocycles. The molecule has 0 saturated carbocycles. The maximum atomic E-state index is 12.1. The Hall–Kier alpha value is -2.60. The lowest BCUT2D eigenvalue weighted by atomic mass is 9.94. The number of hydrogen-bond acceptors (Lipinski definition) is 3. The van der Waals surface area contributed by atoms with Gasteiger partial charge in [0, 0.05) is 11.5 Å². The van der Waals surface area contributed by atoms with Gasteiger partial charge in [0.1, 0.15) is 6.04 Å². The second-order valence-corrected chi connectivity index (χ2v) is 7.03. The first-order chi connectivity index (χ1) is 13.0. The fourth-order valence-corrected chi connectivity index (χ4v) is 2.96. The van der Waals surface area contributed by atoms with Crippen molar-refractivity contribution in [2.75, 3.05) is 6.54 Å². The van der Waals surface area contributed by atoms with Crippen LogP contribution in [-0.2, 0) is 11.2 Å². The average molecular weight is 372 g/mol. The minimum atomic E-state index is -0.476. The second-order valence-electron chi connectivity index (χ2n) is 7.03. The molecule has 1 atom stereocenters. The Labute approximate surface area is 160 Å². The van der Waals surface area contributed by atoms with Crippen molar-refractivity contribution in [3.05, 3.63) is 59.5 Å². The molecule has 0 aliphatic carbocycles. The van der Waals surface area contributed by atoms with Crippen molar-refractivity contribution < 1.29 is 19.3 Å². The normalized spacial score (nSPS) is 12.0. The Morgan fingerprint density at radius 1 is 1.11 bits per heavy atom. The van der Waals surface area contributed by atoms with Crippen molar-refractivity contribution in [2.24, 2.45) is 5.92 Å². The molecule has 0 bridgehead atoms. The van der Waals surface area contributed by atoms with E-state index in [0.717, 1.165) is 6.42 Å². The van der Waals surface area contributed by atoms with Crippen LogP contribution >= 0.6 is 0 Å². The molecule has 0 radical (unpaired) electrons. The number of nitrogens with one attached hydrogen (secondary N) is 2. The van der Waals surface area contributed by atoms with Crippen LogP contribution in [0, 0.1) is 5.92 Å². The Morgan fingerprint density at radius 3 is 2.44 bits per heavy atom. The highest BCUT2D eigenvalue weighted by Gasteiger charge is 2.20. The Balaban J connectivity index is 1.84. The third-order valence-electron chi connectivity index (χ3n) is 4.52. The van der Waals surface area contributed by atoms with Gasteiger partial charge in [-0.05, 0) is 30.5 Å². The molecule has 0 fully saturated rings. The van der Waals surface area contributed by atoms with Crippen molar-refractivity contribution in [1.82, 2.24) is 10.9 Å². The first kappa shape index (κ1) is 20.7. The number of rotatable bonds is 9. The molecular weight excluding hydrogens is 342 g/mol. The summed E-state index contributed by atoms with van der Waals surface area (Å²) in [6.45, 7) is 6.70. The molecule has 2 aromatic rings. The van der Waals surface area contributed by atoms with Crippen molar-refractivity contribution in [1.29, 1.82) is 0 Å². The topological polar surface area (TPSA) is 88.0 Å². The number of hydrogen-bond donors (Lipinski definition) is 3. The fourth-order valence-electron chi connectivity index (χ4n) is 2.96. The van der Waals surface area contributed by atoms with E-state index in [9.17, 15) is 9.59 Å². The van der Waals surface area contributed by atoms with Gasteiger partial charge < -0.3 is 9.73 Å². The van der Waals surface area contributed by atoms with Crippen molar-refractivity contribution >= 4 is 11.8 Å². The van der Waals surface area contributed by atoms with Gasteiger partial charge in [0.25, 0.3) is 5.91 Å². The van der Waals surface area contributed by atoms with Gasteiger partial charge in [-0.2, -0.15) is 0 Å². The van der Waals surface area contributed by atoms with Gasteiger partial charge >= 0.3 is 5.91 Å². The van der Waals surface area contributed by atoms with Crippen LogP contribution < -0.4 is 16.2 Å². The maximum Gasteiger partial charge on any atom is 0.305 e. The van der Waals surface area contributed by atoms with Crippen LogP contribution in [0.1, 0.15) is 61.3 Å². The molecule has 1 heterocycles. The summed E-state index contributed by atoms with van der Waals surface area (Å²) in [5, 5.41) is 2.00. The molecule has 0 aliphatic heterocycles. The van der Waals surface area contributed by atoms with Crippen molar-refractivity contribution in [2.45, 2.75) is 46.1 Å². The van der Waals surface area contributed by atoms with Crippen LogP contribution in [0.15, 0.2) is 47.1 Å². The molecule has 0 spiro atoms. The quantitative estimate of drug-likeness (QED) is 0.591. The number of unbranched alkanes of at least 4 members (excludes halogenated alkanes) is 1. The number of benzene rings is 1. The molecule has 6 heteroatoms. The van der Waals surface area contributed by atoms with Crippen LogP contribution in [0.3, 0.4) is 0 Å². The third kappa shape index (κ3) is 6.57. The molecule has 4 N–H and O–H groups in total. The number of hydrazine groups is 1. The molecule has 0 unspecified atom stereocenters. The van der Waals surface area contributed by atoms with E-state index in [1.165, 1.54) is 36.3 Å². The lowest BCUT2D eigenvalue weighted by Crippen LogP contribution is -2.88. The highest BCUT2D eigenvalue weighted by atomic mass is 16.3. The zero-order valence-electron chi connectivity index (χ0n) is 16.3. The minimum absolute atomic E-state index is 0.155. The van der Waals surface area contributed by atoms with E-state index >= 15 is 0 Å². The molecule has 0 aliphatic rings. The summed E-state index contributed by atoms with van der Waals surface area (Å²) < 4.78 is 4.98. The summed E-state index contributed by atoms with van der Waals surface area (Å²) >= 11 is 0. The lowest BCUT2D eigenvalue weighted by Gasteiger charge is -2.20. The summed E-state index contributed by atoms with van der Waals surface area (Å²) in [4.78, 5) is 23.8. The Morgan fingerprint density at radius 2 is 1.85 bits per heavy atom. The average Bonchev–Trinajstić information content (AvgIpc) is 3.20. The predicted molar refractivity (Wildman–Crippen MR) is 104 cm³/mol. The molecule has 2 amide bonds. The largest absolute Gasteiger partial charge is 0.459 e. The zero-order chi connectivity index (χ0) is 19.6. The van der Waals surface area contributed by atoms with Gasteiger partial charge in [-0.15, -0.1) is 0 Å². The highest BCUT2D eigenvalue weighted by molar-refractivity contribution is 5.92. The van der Waals surface area contributed by atoms with E-state index in [4.69, 9.17) is 4.42 Å². The Kier molecular flexibility index (Phi) is 8.07. The SMILES string of the molecule is CCCCc1ccc([C@@H]([NH2+]CC(=O)NNC(=O)c2ccco2)C(C)C)cc1. The van der Waals surface area contributed by atoms with Crippen LogP contribution in [0.25, 0.3) is 0 Å². The van der Waals surface area contributed by atoms with E-state index in [2.05, 4.69) is 55.9 Å². The molecule has 6 nitrogen and oxygen atoms in total. The van der Waals surface area contributed by atoms with Gasteiger partial charge in [0.15, 0.2) is 12.3 Å². The maximum absolute atomic E-state index is 12.1. The smallest absolute Gasteiger partial charge is 0.305 e. The number of amides is 2. The number of nitrogens with two attached hydrogens (primary N) is 1. The monoisotopic (exact) mass is 372 g/mol. The van der Waals surface area contributed by atoms with E-state index in [1.54, 1.807) is 6.07 Å². The minimum Gasteiger partial charge on any atom is -0.459 e. The molecule has 27 heavy (non-hydrogen) atoms. The predicted octanol–water partition coefficient (Wildman–Crippen LogP) is 2.34. The molecule has 1 aromatic carbocycles. The summed E-state index contributed by atoms with van der Waals surface area (Å²) in [7, 11) is 0. The summed E-state index contributed by atoms with van der Waals surface area (Å²) in [6.07, 6.45) is 4.90. The summed E-state index contributed by atoms with van der Waals surface area (Å²) in [5.41, 5.74) is 7.33. The van der Waals surface area contributed by atoms with Crippen molar-refractivity contribution in [3.8, 4) is 0 Å². The van der Waals surface area contributed by atoms with Gasteiger partial charge in [0.2, 0.25) is 0 Å². The van der Waals surface area contributed by atoms with E-state index in [0.29, 0.717) is 5.92 Å². The highest BCUT2D eigenvalue weighted by Crippen LogP contribution is 2.18. The third-order valence-corrected chi connectivity index (χ3v) is 4.52. The first-order valence-electron chi connectivity index (χ1n) is 9.56. The fraction of sp³-hybridized carbons (Fsp3) is 0.429. The van der Waals surface area contributed by atoms with Gasteiger partial charge in [-0.1, -0.05) is 51.5 Å². The van der Waals surface area contributed by atoms with E-state index in [1.807, 2.05) is 5.32 Å². The van der Waals surface area contributed by atoms with E-state index < -0.39 is 5.91 Å². The lowest BCUT2D eigenvalue weighted by molar-refractivity contribution is -0.692. The van der Waals surface area contributed by atoms with Crippen molar-refractivity contribution in [3.63, 3.8) is 0 Å². The number of aryl methyl sites for hydroxylation is 1.